The number of fused-ring (bicyclic) bond motifs is 1. The van der Waals surface area contributed by atoms with Gasteiger partial charge in [-0.3, -0.25) is 4.98 Å². The highest BCUT2D eigenvalue weighted by atomic mass is 19.4. The Morgan fingerprint density at radius 2 is 1.94 bits per heavy atom. The number of alkyl halides is 3. The number of methoxy groups -OCH3 is 1. The number of hydrogen-bond donors (Lipinski definition) is 2. The number of ether oxygens (including phenoxy) is 1. The lowest BCUT2D eigenvalue weighted by molar-refractivity contribution is -0.140. The second-order valence-corrected chi connectivity index (χ2v) is 9.19. The van der Waals surface area contributed by atoms with Crippen LogP contribution in [0.1, 0.15) is 37.7 Å². The zero-order valence-corrected chi connectivity index (χ0v) is 20.8. The lowest BCUT2D eigenvalue weighted by Crippen LogP contribution is -2.29. The maximum absolute atomic E-state index is 13.3. The van der Waals surface area contributed by atoms with E-state index in [0.717, 1.165) is 5.56 Å². The van der Waals surface area contributed by atoms with E-state index in [-0.39, 0.29) is 12.6 Å². The van der Waals surface area contributed by atoms with Gasteiger partial charge >= 0.3 is 6.18 Å². The van der Waals surface area contributed by atoms with Gasteiger partial charge in [0.15, 0.2) is 0 Å². The molecule has 0 radical (unpaired) electrons. The third kappa shape index (κ3) is 7.24. The van der Waals surface area contributed by atoms with Crippen LogP contribution in [0.4, 0.5) is 18.9 Å². The fourth-order valence-corrected chi connectivity index (χ4v) is 3.69. The summed E-state index contributed by atoms with van der Waals surface area (Å²) in [7, 11) is 1.63. The lowest BCUT2D eigenvalue weighted by atomic mass is 9.91. The molecule has 2 heterocycles. The molecule has 0 amide bonds. The van der Waals surface area contributed by atoms with Crippen molar-refractivity contribution in [2.75, 3.05) is 25.6 Å². The maximum Gasteiger partial charge on any atom is 0.406 e. The molecule has 0 aliphatic heterocycles. The van der Waals surface area contributed by atoms with E-state index in [0.29, 0.717) is 41.1 Å². The summed E-state index contributed by atoms with van der Waals surface area (Å²) in [5.41, 5.74) is 2.41. The minimum absolute atomic E-state index is 0.152. The fourth-order valence-electron chi connectivity index (χ4n) is 3.69. The van der Waals surface area contributed by atoms with E-state index < -0.39 is 18.1 Å². The van der Waals surface area contributed by atoms with Crippen molar-refractivity contribution in [1.82, 2.24) is 14.9 Å². The zero-order chi connectivity index (χ0) is 26.3. The van der Waals surface area contributed by atoms with Crippen molar-refractivity contribution in [3.63, 3.8) is 0 Å². The van der Waals surface area contributed by atoms with Crippen LogP contribution in [0, 0.1) is 23.2 Å². The van der Waals surface area contributed by atoms with E-state index in [9.17, 15) is 18.4 Å². The zero-order valence-electron chi connectivity index (χ0n) is 20.8. The van der Waals surface area contributed by atoms with Crippen LogP contribution in [0.5, 0.6) is 0 Å². The second-order valence-electron chi connectivity index (χ2n) is 9.19. The molecule has 6 nitrogen and oxygen atoms in total. The summed E-state index contributed by atoms with van der Waals surface area (Å²) < 4.78 is 46.2. The molecule has 0 bridgehead atoms. The second kappa shape index (κ2) is 11.5. The number of nitrogens with zero attached hydrogens (tertiary/aromatic N) is 3. The van der Waals surface area contributed by atoms with Gasteiger partial charge in [-0.2, -0.15) is 18.4 Å². The molecule has 1 unspecified atom stereocenters. The summed E-state index contributed by atoms with van der Waals surface area (Å²) in [5.74, 6) is 5.79. The van der Waals surface area contributed by atoms with Crippen molar-refractivity contribution < 1.29 is 17.9 Å². The Bertz CT molecular complexity index is 1280. The molecule has 0 spiro atoms. The number of aromatic nitrogens is 2. The van der Waals surface area contributed by atoms with Gasteiger partial charge in [-0.15, -0.1) is 0 Å². The third-order valence-electron chi connectivity index (χ3n) is 5.66. The van der Waals surface area contributed by atoms with Crippen LogP contribution in [0.25, 0.3) is 10.9 Å². The Hall–Kier alpha value is -3.53. The summed E-state index contributed by atoms with van der Waals surface area (Å²) in [5, 5.41) is 16.3. The van der Waals surface area contributed by atoms with Gasteiger partial charge in [0.25, 0.3) is 0 Å². The number of hydrogen-bond acceptors (Lipinski definition) is 5. The van der Waals surface area contributed by atoms with Crippen LogP contribution in [0.3, 0.4) is 0 Å². The standard InChI is InChI=1S/C27H30F3N5O/c1-19(16-36-4)33-14-20-7-9-24-21(12-20)13-23(35(24)18-27(28,29)30)6-5-11-32-22-8-10-25(34-15-22)26(2,3)17-31/h7-10,12-13,15,19,32-33H,11,14,16,18H2,1-4H3. The summed E-state index contributed by atoms with van der Waals surface area (Å²) in [6.45, 7) is 5.83. The summed E-state index contributed by atoms with van der Waals surface area (Å²) >= 11 is 0. The molecule has 1 atom stereocenters. The topological polar surface area (TPSA) is 74.9 Å². The van der Waals surface area contributed by atoms with Crippen molar-refractivity contribution in [2.45, 2.75) is 51.5 Å². The molecule has 2 N–H and O–H groups in total. The maximum atomic E-state index is 13.3. The highest BCUT2D eigenvalue weighted by molar-refractivity contribution is 5.83. The molecule has 9 heteroatoms. The molecule has 0 fully saturated rings. The molecule has 190 valence electrons. The third-order valence-corrected chi connectivity index (χ3v) is 5.66. The molecule has 2 aromatic heterocycles. The van der Waals surface area contributed by atoms with Gasteiger partial charge in [-0.05, 0) is 62.6 Å². The summed E-state index contributed by atoms with van der Waals surface area (Å²) in [6, 6.07) is 13.0. The Labute approximate surface area is 209 Å². The average molecular weight is 498 g/mol. The van der Waals surface area contributed by atoms with E-state index in [1.54, 1.807) is 51.4 Å². The van der Waals surface area contributed by atoms with Gasteiger partial charge < -0.3 is 19.9 Å². The molecule has 36 heavy (non-hydrogen) atoms. The van der Waals surface area contributed by atoms with Crippen molar-refractivity contribution in [2.24, 2.45) is 0 Å². The smallest absolute Gasteiger partial charge is 0.383 e. The highest BCUT2D eigenvalue weighted by Gasteiger charge is 2.29. The van der Waals surface area contributed by atoms with Gasteiger partial charge in [0.05, 0.1) is 47.9 Å². The minimum atomic E-state index is -4.37. The molecular weight excluding hydrogens is 467 g/mol. The predicted octanol–water partition coefficient (Wildman–Crippen LogP) is 4.99. The number of anilines is 1. The van der Waals surface area contributed by atoms with E-state index in [2.05, 4.69) is 33.5 Å². The number of pyridine rings is 1. The van der Waals surface area contributed by atoms with Crippen molar-refractivity contribution in [1.29, 1.82) is 5.26 Å². The summed E-state index contributed by atoms with van der Waals surface area (Å²) in [6.07, 6.45) is -2.76. The minimum Gasteiger partial charge on any atom is -0.383 e. The van der Waals surface area contributed by atoms with E-state index in [1.807, 2.05) is 19.1 Å². The van der Waals surface area contributed by atoms with Gasteiger partial charge in [0.1, 0.15) is 6.54 Å². The van der Waals surface area contributed by atoms with E-state index >= 15 is 0 Å². The fraction of sp³-hybridized carbons (Fsp3) is 0.407. The molecule has 0 aliphatic rings. The first-order chi connectivity index (χ1) is 17.0. The SMILES string of the molecule is COCC(C)NCc1ccc2c(c1)cc(C#CCNc1ccc(C(C)(C)C#N)nc1)n2CC(F)(F)F. The first-order valence-electron chi connectivity index (χ1n) is 11.5. The summed E-state index contributed by atoms with van der Waals surface area (Å²) in [4.78, 5) is 4.31. The number of nitrogens with one attached hydrogen (secondary N) is 2. The van der Waals surface area contributed by atoms with E-state index in [1.165, 1.54) is 4.57 Å². The van der Waals surface area contributed by atoms with Crippen LogP contribution < -0.4 is 10.6 Å². The number of halogens is 3. The number of benzene rings is 1. The van der Waals surface area contributed by atoms with Crippen LogP contribution >= 0.6 is 0 Å². The van der Waals surface area contributed by atoms with Crippen molar-refractivity contribution in [3.8, 4) is 17.9 Å². The predicted molar refractivity (Wildman–Crippen MR) is 134 cm³/mol. The Balaban J connectivity index is 1.77. The molecule has 3 rings (SSSR count). The first-order valence-corrected chi connectivity index (χ1v) is 11.5. The monoisotopic (exact) mass is 497 g/mol. The molecule has 0 saturated carbocycles. The Kier molecular flexibility index (Phi) is 8.62. The molecular formula is C27H30F3N5O. The largest absolute Gasteiger partial charge is 0.406 e. The van der Waals surface area contributed by atoms with Gasteiger partial charge in [0.2, 0.25) is 0 Å². The molecule has 3 aromatic rings. The lowest BCUT2D eigenvalue weighted by Gasteiger charge is -2.14. The quantitative estimate of drug-likeness (QED) is 0.408. The first kappa shape index (κ1) is 27.1. The normalized spacial score (nSPS) is 12.6. The molecule has 0 saturated heterocycles. The number of nitriles is 1. The Morgan fingerprint density at radius 1 is 1.17 bits per heavy atom. The van der Waals surface area contributed by atoms with Gasteiger partial charge in [-0.25, -0.2) is 0 Å². The van der Waals surface area contributed by atoms with Crippen LogP contribution in [-0.4, -0.2) is 42.0 Å². The Morgan fingerprint density at radius 3 is 2.58 bits per heavy atom. The number of rotatable bonds is 9. The van der Waals surface area contributed by atoms with Crippen LogP contribution in [0.15, 0.2) is 42.6 Å². The van der Waals surface area contributed by atoms with Crippen molar-refractivity contribution >= 4 is 16.6 Å². The van der Waals surface area contributed by atoms with E-state index in [4.69, 9.17) is 4.74 Å². The van der Waals surface area contributed by atoms with Gasteiger partial charge in [-0.1, -0.05) is 12.0 Å². The van der Waals surface area contributed by atoms with Crippen molar-refractivity contribution in [3.05, 3.63) is 59.5 Å². The van der Waals surface area contributed by atoms with Crippen LogP contribution in [0.2, 0.25) is 0 Å². The average Bonchev–Trinajstić information content (AvgIpc) is 3.16. The van der Waals surface area contributed by atoms with Crippen LogP contribution in [-0.2, 0) is 23.2 Å². The van der Waals surface area contributed by atoms with Gasteiger partial charge in [0, 0.05) is 30.6 Å². The molecule has 0 aliphatic carbocycles. The highest BCUT2D eigenvalue weighted by Crippen LogP contribution is 2.26. The molecule has 1 aromatic carbocycles.